The molecule has 1 aliphatic rings. The molecule has 94 heavy (non-hydrogen) atoms. The van der Waals surface area contributed by atoms with Gasteiger partial charge in [0.25, 0.3) is 30.0 Å². The Morgan fingerprint density at radius 2 is 0.755 bits per heavy atom. The standard InChI is InChI=1S/C48H98O6Si4.C26H52O2.C6H16OSi/c1-10-11-12-13-14-15-16-17-22-25-28-31-34-37-40-43(2)45(3,4)46(5,6)47(7,8)48(9,44(49)50)41-38-35-32-29-26-23-20-18-19-21-24-27-30-33-36-39-42-58-53-56-51-55-52-57-54-58;1-5-6-7-16-19-22-26(4,25(27)28)23-20-17-14-12-10-8-9-11-13-15-18-21-24(2)3;1-6(2)7-8(3,4)5/h17-19,22,43,58H,10-16,20-21,23-42,55-57H2,1-9H3,(H,49,50);24H,5-23H2,1-4H3,(H,27,28);6H,1-5H3/b19-18-,22-17-;;. The summed E-state index contributed by atoms with van der Waals surface area (Å²) in [5, 5.41) is 20.4. The highest BCUT2D eigenvalue weighted by Gasteiger charge is 2.60. The van der Waals surface area contributed by atoms with E-state index in [9.17, 15) is 19.8 Å². The van der Waals surface area contributed by atoms with Crippen molar-refractivity contribution in [2.75, 3.05) is 0 Å². The van der Waals surface area contributed by atoms with E-state index in [1.54, 1.807) is 0 Å². The van der Waals surface area contributed by atoms with Crippen molar-refractivity contribution in [3.63, 3.8) is 0 Å². The van der Waals surface area contributed by atoms with E-state index in [4.69, 9.17) is 20.9 Å². The molecule has 2 N–H and O–H groups in total. The van der Waals surface area contributed by atoms with E-state index in [0.717, 1.165) is 56.9 Å². The van der Waals surface area contributed by atoms with Gasteiger partial charge in [0.15, 0.2) is 8.32 Å². The van der Waals surface area contributed by atoms with Crippen LogP contribution in [0.5, 0.6) is 0 Å². The van der Waals surface area contributed by atoms with E-state index in [1.165, 1.54) is 257 Å². The molecule has 1 heterocycles. The summed E-state index contributed by atoms with van der Waals surface area (Å²) in [6.45, 7) is 40.4. The molecule has 0 saturated carbocycles. The van der Waals surface area contributed by atoms with Crippen molar-refractivity contribution in [2.45, 2.75) is 437 Å². The third-order valence-corrected chi connectivity index (χ3v) is 31.0. The van der Waals surface area contributed by atoms with Crippen LogP contribution >= 0.6 is 0 Å². The van der Waals surface area contributed by atoms with Gasteiger partial charge < -0.3 is 31.1 Å². The van der Waals surface area contributed by atoms with E-state index in [2.05, 4.69) is 141 Å². The fourth-order valence-electron chi connectivity index (χ4n) is 13.9. The Kier molecular flexibility index (Phi) is 60.8. The van der Waals surface area contributed by atoms with Crippen LogP contribution in [0.25, 0.3) is 0 Å². The Labute approximate surface area is 597 Å². The predicted molar refractivity (Wildman–Crippen MR) is 425 cm³/mol. The van der Waals surface area contributed by atoms with Crippen molar-refractivity contribution in [3.8, 4) is 0 Å². The molecule has 1 aliphatic heterocycles. The van der Waals surface area contributed by atoms with Crippen molar-refractivity contribution in [2.24, 2.45) is 38.9 Å². The maximum atomic E-state index is 13.1. The van der Waals surface area contributed by atoms with Crippen LogP contribution in [0.15, 0.2) is 24.3 Å². The van der Waals surface area contributed by atoms with Crippen molar-refractivity contribution >= 4 is 59.6 Å². The summed E-state index contributed by atoms with van der Waals surface area (Å²) in [6.07, 6.45) is 69.0. The van der Waals surface area contributed by atoms with Crippen LogP contribution in [-0.2, 0) is 30.5 Å². The molecule has 0 aliphatic carbocycles. The zero-order valence-corrected chi connectivity index (χ0v) is 72.8. The molecule has 0 spiro atoms. The summed E-state index contributed by atoms with van der Waals surface area (Å²) < 4.78 is 28.4. The predicted octanol–water partition coefficient (Wildman–Crippen LogP) is 24.6. The number of carboxylic acid groups (broad SMARTS) is 2. The summed E-state index contributed by atoms with van der Waals surface area (Å²) in [5.74, 6) is 0.179. The van der Waals surface area contributed by atoms with Crippen LogP contribution in [0.4, 0.5) is 0 Å². The van der Waals surface area contributed by atoms with Crippen LogP contribution in [0.3, 0.4) is 0 Å². The lowest BCUT2D eigenvalue weighted by atomic mass is 9.44. The molecular weight excluding hydrogens is 1250 g/mol. The first kappa shape index (κ1) is 95.4. The zero-order valence-electron chi connectivity index (χ0n) is 66.4. The summed E-state index contributed by atoms with van der Waals surface area (Å²) >= 11 is 0. The number of hydrogen-bond donors (Lipinski definition) is 2. The Balaban J connectivity index is 0. The van der Waals surface area contributed by atoms with Gasteiger partial charge in [-0.3, -0.25) is 9.59 Å². The van der Waals surface area contributed by atoms with Gasteiger partial charge in [0.2, 0.25) is 0 Å². The third kappa shape index (κ3) is 49.8. The molecule has 0 aromatic carbocycles. The highest BCUT2D eigenvalue weighted by atomic mass is 28.4. The second-order valence-electron chi connectivity index (χ2n) is 33.0. The second kappa shape index (κ2) is 59.9. The van der Waals surface area contributed by atoms with E-state index >= 15 is 0 Å². The molecule has 0 amide bonds. The lowest BCUT2D eigenvalue weighted by Crippen LogP contribution is -2.57. The number of allylic oxidation sites excluding steroid dienone is 4. The van der Waals surface area contributed by atoms with Crippen molar-refractivity contribution in [1.82, 2.24) is 0 Å². The normalized spacial score (nSPS) is 16.9. The van der Waals surface area contributed by atoms with Crippen LogP contribution in [0.1, 0.15) is 406 Å². The topological polar surface area (TPSA) is 121 Å². The molecule has 1 saturated heterocycles. The largest absolute Gasteiger partial charge is 0.481 e. The van der Waals surface area contributed by atoms with Crippen molar-refractivity contribution in [3.05, 3.63) is 24.3 Å². The van der Waals surface area contributed by atoms with Gasteiger partial charge in [-0.15, -0.1) is 0 Å². The fraction of sp³-hybridized carbons (Fsp3) is 0.925. The van der Waals surface area contributed by atoms with E-state index in [-0.39, 0.29) is 16.2 Å². The first-order chi connectivity index (χ1) is 44.6. The third-order valence-electron chi connectivity index (χ3n) is 22.2. The summed E-state index contributed by atoms with van der Waals surface area (Å²) in [5.41, 5.74) is -1.78. The van der Waals surface area contributed by atoms with Gasteiger partial charge in [0, 0.05) is 6.10 Å². The Bertz CT molecular complexity index is 1780. The highest BCUT2D eigenvalue weighted by molar-refractivity contribution is 6.69. The molecule has 14 heteroatoms. The number of rotatable bonds is 60. The van der Waals surface area contributed by atoms with Crippen LogP contribution in [0.2, 0.25) is 25.7 Å². The Hall–Kier alpha value is -0.696. The van der Waals surface area contributed by atoms with Gasteiger partial charge in [0.1, 0.15) is 0 Å². The lowest BCUT2D eigenvalue weighted by Gasteiger charge is -2.60. The first-order valence-corrected chi connectivity index (χ1v) is 49.1. The van der Waals surface area contributed by atoms with Gasteiger partial charge in [-0.1, -0.05) is 332 Å². The minimum atomic E-state index is -1.47. The van der Waals surface area contributed by atoms with E-state index in [1.807, 2.05) is 6.92 Å². The Morgan fingerprint density at radius 1 is 0.426 bits per heavy atom. The molecular formula is C80H166O9Si5. The highest BCUT2D eigenvalue weighted by Crippen LogP contribution is 2.63. The molecule has 0 aromatic heterocycles. The van der Waals surface area contributed by atoms with Crippen LogP contribution in [0, 0.1) is 38.9 Å². The van der Waals surface area contributed by atoms with Crippen LogP contribution in [-0.4, -0.2) is 75.9 Å². The number of hydrogen-bond acceptors (Lipinski definition) is 7. The van der Waals surface area contributed by atoms with Crippen molar-refractivity contribution < 1.29 is 40.7 Å². The molecule has 0 aromatic rings. The lowest BCUT2D eigenvalue weighted by molar-refractivity contribution is -0.176. The quantitative estimate of drug-likeness (QED) is 0.0348. The number of carboxylic acids is 2. The summed E-state index contributed by atoms with van der Waals surface area (Å²) in [6, 6.07) is 1.12. The zero-order chi connectivity index (χ0) is 70.9. The molecule has 9 nitrogen and oxygen atoms in total. The van der Waals surface area contributed by atoms with Gasteiger partial charge in [0.05, 0.1) is 10.8 Å². The maximum Gasteiger partial charge on any atom is 0.309 e. The molecule has 1 fully saturated rings. The van der Waals surface area contributed by atoms with E-state index in [0.29, 0.717) is 12.0 Å². The fourth-order valence-corrected chi connectivity index (χ4v) is 24.3. The van der Waals surface area contributed by atoms with E-state index < -0.39 is 70.4 Å². The average molecular weight is 1410 g/mol. The molecule has 3 atom stereocenters. The van der Waals surface area contributed by atoms with Gasteiger partial charge >= 0.3 is 21.2 Å². The number of aliphatic carboxylic acids is 2. The van der Waals surface area contributed by atoms with Gasteiger partial charge in [-0.05, 0) is 152 Å². The Morgan fingerprint density at radius 3 is 1.09 bits per heavy atom. The SMILES string of the molecule is CC(C)O[Si](C)(C)C.CCCCCCCC(C)(CCCCCCCCCCCCCC(C)C)C(=O)O.CCCCCCCC/C=C\CCCCCCC(C)C(C)(C)C(C)(C)C(C)(C)C(C)(CCCCCCCC/C=C\CCCCCCCC[SiH]1O[SiH2]O[SiH2]O[SiH2]O1)C(=O)O. The monoisotopic (exact) mass is 1410 g/mol. The molecule has 3 unspecified atom stereocenters. The first-order valence-electron chi connectivity index (χ1n) is 40.4. The van der Waals surface area contributed by atoms with Gasteiger partial charge in [-0.2, -0.15) is 0 Å². The molecule has 560 valence electrons. The minimum Gasteiger partial charge on any atom is -0.481 e. The number of carbonyl (C=O) groups is 2. The number of unbranched alkanes of at least 4 members (excludes halogenated alkanes) is 36. The minimum absolute atomic E-state index is 0.0122. The average Bonchev–Trinajstić information content (AvgIpc) is 0.727. The second-order valence-corrected chi connectivity index (χ2v) is 45.6. The molecule has 0 bridgehead atoms. The summed E-state index contributed by atoms with van der Waals surface area (Å²) in [7, 11) is -5.09. The van der Waals surface area contributed by atoms with Crippen LogP contribution < -0.4 is 0 Å². The maximum absolute atomic E-state index is 13.1. The smallest absolute Gasteiger partial charge is 0.309 e. The molecule has 1 rings (SSSR count). The molecule has 0 radical (unpaired) electrons. The summed E-state index contributed by atoms with van der Waals surface area (Å²) in [4.78, 5) is 24.8. The van der Waals surface area contributed by atoms with Gasteiger partial charge in [-0.25, -0.2) is 0 Å². The van der Waals surface area contributed by atoms with Crippen molar-refractivity contribution in [1.29, 1.82) is 0 Å².